The van der Waals surface area contributed by atoms with Crippen LogP contribution in [0, 0.1) is 6.92 Å². The molecular weight excluding hydrogens is 304 g/mol. The maximum Gasteiger partial charge on any atom is 0.175 e. The highest BCUT2D eigenvalue weighted by Gasteiger charge is 2.22. The second-order valence-electron chi connectivity index (χ2n) is 5.89. The fourth-order valence-corrected chi connectivity index (χ4v) is 2.89. The van der Waals surface area contributed by atoms with Crippen LogP contribution in [0.5, 0.6) is 0 Å². The molecule has 24 heavy (non-hydrogen) atoms. The van der Waals surface area contributed by atoms with Crippen molar-refractivity contribution in [2.24, 2.45) is 10.9 Å². The zero-order valence-corrected chi connectivity index (χ0v) is 13.8. The number of piperazine rings is 1. The Labute approximate surface area is 141 Å². The van der Waals surface area contributed by atoms with Gasteiger partial charge in [0.2, 0.25) is 0 Å². The third kappa shape index (κ3) is 3.62. The topological polar surface area (TPSA) is 90.9 Å². The molecule has 1 fully saturated rings. The van der Waals surface area contributed by atoms with E-state index in [0.717, 1.165) is 38.5 Å². The summed E-state index contributed by atoms with van der Waals surface area (Å²) < 4.78 is 0. The standard InChI is InChI=1S/C17H22N6O/c1-13-19-11-15(16(18)21-24)17(20-13)23-9-7-22(8-10-23)12-14-5-3-2-4-6-14/h2-6,11,24H,7-10,12H2,1H3,(H2,18,21). The number of anilines is 1. The monoisotopic (exact) mass is 326 g/mol. The van der Waals surface area contributed by atoms with Crippen LogP contribution >= 0.6 is 0 Å². The van der Waals surface area contributed by atoms with E-state index in [9.17, 15) is 0 Å². The second-order valence-corrected chi connectivity index (χ2v) is 5.89. The van der Waals surface area contributed by atoms with Gasteiger partial charge in [-0.15, -0.1) is 0 Å². The molecule has 0 bridgehead atoms. The molecule has 1 aliphatic heterocycles. The van der Waals surface area contributed by atoms with E-state index in [0.29, 0.717) is 11.4 Å². The molecule has 0 aliphatic carbocycles. The lowest BCUT2D eigenvalue weighted by atomic mass is 10.2. The van der Waals surface area contributed by atoms with E-state index in [2.05, 4.69) is 49.2 Å². The quantitative estimate of drug-likeness (QED) is 0.380. The molecule has 7 heteroatoms. The van der Waals surface area contributed by atoms with E-state index in [-0.39, 0.29) is 5.84 Å². The van der Waals surface area contributed by atoms with Crippen LogP contribution in [-0.4, -0.2) is 52.1 Å². The van der Waals surface area contributed by atoms with Crippen molar-refractivity contribution in [3.63, 3.8) is 0 Å². The van der Waals surface area contributed by atoms with Gasteiger partial charge in [0.1, 0.15) is 11.6 Å². The van der Waals surface area contributed by atoms with Crippen LogP contribution in [0.4, 0.5) is 5.82 Å². The molecule has 1 aliphatic rings. The van der Waals surface area contributed by atoms with Crippen molar-refractivity contribution in [1.82, 2.24) is 14.9 Å². The summed E-state index contributed by atoms with van der Waals surface area (Å²) in [5.74, 6) is 1.44. The van der Waals surface area contributed by atoms with Gasteiger partial charge in [-0.2, -0.15) is 0 Å². The highest BCUT2D eigenvalue weighted by atomic mass is 16.4. The van der Waals surface area contributed by atoms with E-state index in [4.69, 9.17) is 10.9 Å². The largest absolute Gasteiger partial charge is 0.409 e. The SMILES string of the molecule is Cc1ncc(/C(N)=N/O)c(N2CCN(Cc3ccccc3)CC2)n1. The number of aryl methyl sites for hydroxylation is 1. The Balaban J connectivity index is 1.70. The third-order valence-corrected chi connectivity index (χ3v) is 4.19. The summed E-state index contributed by atoms with van der Waals surface area (Å²) in [4.78, 5) is 13.2. The lowest BCUT2D eigenvalue weighted by molar-refractivity contribution is 0.249. The molecule has 0 radical (unpaired) electrons. The van der Waals surface area contributed by atoms with Crippen molar-refractivity contribution in [3.05, 3.63) is 53.5 Å². The summed E-state index contributed by atoms with van der Waals surface area (Å²) >= 11 is 0. The van der Waals surface area contributed by atoms with Gasteiger partial charge in [-0.05, 0) is 12.5 Å². The first-order valence-electron chi connectivity index (χ1n) is 8.00. The molecule has 3 rings (SSSR count). The van der Waals surface area contributed by atoms with Crippen LogP contribution in [0.25, 0.3) is 0 Å². The molecule has 2 heterocycles. The van der Waals surface area contributed by atoms with Crippen molar-refractivity contribution in [1.29, 1.82) is 0 Å². The van der Waals surface area contributed by atoms with Crippen LogP contribution in [0.1, 0.15) is 17.0 Å². The van der Waals surface area contributed by atoms with Crippen LogP contribution < -0.4 is 10.6 Å². The minimum atomic E-state index is 0.0386. The Morgan fingerprint density at radius 1 is 1.21 bits per heavy atom. The van der Waals surface area contributed by atoms with Gasteiger partial charge in [0, 0.05) is 38.9 Å². The lowest BCUT2D eigenvalue weighted by Crippen LogP contribution is -2.47. The van der Waals surface area contributed by atoms with E-state index in [1.165, 1.54) is 5.56 Å². The molecule has 0 saturated carbocycles. The molecule has 7 nitrogen and oxygen atoms in total. The van der Waals surface area contributed by atoms with Crippen LogP contribution in [0.2, 0.25) is 0 Å². The van der Waals surface area contributed by atoms with Gasteiger partial charge < -0.3 is 15.8 Å². The Bertz CT molecular complexity index is 710. The molecule has 0 unspecified atom stereocenters. The summed E-state index contributed by atoms with van der Waals surface area (Å²) in [5, 5.41) is 12.1. The summed E-state index contributed by atoms with van der Waals surface area (Å²) in [7, 11) is 0. The van der Waals surface area contributed by atoms with Gasteiger partial charge in [-0.3, -0.25) is 4.90 Å². The van der Waals surface area contributed by atoms with Crippen molar-refractivity contribution >= 4 is 11.7 Å². The predicted molar refractivity (Wildman–Crippen MR) is 93.2 cm³/mol. The number of benzene rings is 1. The molecule has 1 aromatic heterocycles. The van der Waals surface area contributed by atoms with Crippen molar-refractivity contribution in [2.75, 3.05) is 31.1 Å². The van der Waals surface area contributed by atoms with Gasteiger partial charge in [-0.1, -0.05) is 35.5 Å². The average molecular weight is 326 g/mol. The molecule has 2 aromatic rings. The first-order valence-corrected chi connectivity index (χ1v) is 8.00. The Hall–Kier alpha value is -2.67. The third-order valence-electron chi connectivity index (χ3n) is 4.19. The molecule has 0 atom stereocenters. The molecule has 126 valence electrons. The number of aromatic nitrogens is 2. The predicted octanol–water partition coefficient (Wildman–Crippen LogP) is 1.20. The highest BCUT2D eigenvalue weighted by Crippen LogP contribution is 2.19. The molecule has 0 spiro atoms. The maximum absolute atomic E-state index is 8.97. The average Bonchev–Trinajstić information content (AvgIpc) is 2.62. The fraction of sp³-hybridized carbons (Fsp3) is 0.353. The van der Waals surface area contributed by atoms with Crippen molar-refractivity contribution in [2.45, 2.75) is 13.5 Å². The fourth-order valence-electron chi connectivity index (χ4n) is 2.89. The molecule has 3 N–H and O–H groups in total. The summed E-state index contributed by atoms with van der Waals surface area (Å²) in [6, 6.07) is 10.5. The number of nitrogens with zero attached hydrogens (tertiary/aromatic N) is 5. The van der Waals surface area contributed by atoms with E-state index in [1.54, 1.807) is 6.20 Å². The van der Waals surface area contributed by atoms with Crippen LogP contribution in [0.3, 0.4) is 0 Å². The maximum atomic E-state index is 8.97. The first-order chi connectivity index (χ1) is 11.7. The number of rotatable bonds is 4. The van der Waals surface area contributed by atoms with Gasteiger partial charge in [-0.25, -0.2) is 9.97 Å². The van der Waals surface area contributed by atoms with Gasteiger partial charge in [0.15, 0.2) is 5.84 Å². The number of nitrogens with two attached hydrogens (primary N) is 1. The van der Waals surface area contributed by atoms with Gasteiger partial charge in [0.25, 0.3) is 0 Å². The van der Waals surface area contributed by atoms with Crippen LogP contribution in [0.15, 0.2) is 41.7 Å². The second kappa shape index (κ2) is 7.27. The van der Waals surface area contributed by atoms with E-state index >= 15 is 0 Å². The van der Waals surface area contributed by atoms with E-state index in [1.807, 2.05) is 13.0 Å². The molecule has 1 saturated heterocycles. The smallest absolute Gasteiger partial charge is 0.175 e. The lowest BCUT2D eigenvalue weighted by Gasteiger charge is -2.36. The van der Waals surface area contributed by atoms with Gasteiger partial charge in [0.05, 0.1) is 5.56 Å². The number of oxime groups is 1. The summed E-state index contributed by atoms with van der Waals surface area (Å²) in [6.45, 7) is 6.35. The Kier molecular flexibility index (Phi) is 4.90. The Morgan fingerprint density at radius 3 is 2.58 bits per heavy atom. The Morgan fingerprint density at radius 2 is 1.92 bits per heavy atom. The zero-order chi connectivity index (χ0) is 16.9. The summed E-state index contributed by atoms with van der Waals surface area (Å²) in [6.07, 6.45) is 1.61. The number of amidine groups is 1. The molecule has 0 amide bonds. The van der Waals surface area contributed by atoms with E-state index < -0.39 is 0 Å². The van der Waals surface area contributed by atoms with Crippen molar-refractivity contribution in [3.8, 4) is 0 Å². The number of hydrogen-bond donors (Lipinski definition) is 2. The first kappa shape index (κ1) is 16.2. The highest BCUT2D eigenvalue weighted by molar-refractivity contribution is 6.01. The number of hydrogen-bond acceptors (Lipinski definition) is 6. The van der Waals surface area contributed by atoms with Crippen molar-refractivity contribution < 1.29 is 5.21 Å². The summed E-state index contributed by atoms with van der Waals surface area (Å²) in [5.41, 5.74) is 7.65. The van der Waals surface area contributed by atoms with Crippen LogP contribution in [-0.2, 0) is 6.54 Å². The molecular formula is C17H22N6O. The minimum absolute atomic E-state index is 0.0386. The van der Waals surface area contributed by atoms with Gasteiger partial charge >= 0.3 is 0 Å². The molecule has 1 aromatic carbocycles. The minimum Gasteiger partial charge on any atom is -0.409 e. The zero-order valence-electron chi connectivity index (χ0n) is 13.8. The normalized spacial score (nSPS) is 16.4.